The molecule has 0 rings (SSSR count). The number of hydrogen-bond donors (Lipinski definition) is 0. The van der Waals surface area contributed by atoms with Gasteiger partial charge in [-0.05, 0) is 24.7 Å². The predicted octanol–water partition coefficient (Wildman–Crippen LogP) is -2.25. The van der Waals surface area contributed by atoms with Gasteiger partial charge in [0.1, 0.15) is 0 Å². The summed E-state index contributed by atoms with van der Waals surface area (Å²) in [6, 6.07) is 0. The molecule has 2 unspecified atom stereocenters. The fourth-order valence-corrected chi connectivity index (χ4v) is 1.26. The fourth-order valence-electron chi connectivity index (χ4n) is 1.26. The summed E-state index contributed by atoms with van der Waals surface area (Å²) < 4.78 is 0. The second kappa shape index (κ2) is 18.9. The molecule has 0 bridgehead atoms. The standard InChI is InChI=1S/2C7H14O2.ClH.Ga/c2*1-3-4-5-6(2)7(8)9;;/h2*6H,3-5H2,1-2H3,(H,8,9);1H;/q;;;+3/p-3. The topological polar surface area (TPSA) is 80.3 Å². The summed E-state index contributed by atoms with van der Waals surface area (Å²) in [6.45, 7) is 7.46. The van der Waals surface area contributed by atoms with E-state index in [1.807, 2.05) is 13.8 Å². The zero-order valence-electron chi connectivity index (χ0n) is 13.0. The molecule has 0 aliphatic heterocycles. The van der Waals surface area contributed by atoms with Crippen molar-refractivity contribution in [2.45, 2.75) is 66.2 Å². The molecule has 0 aliphatic carbocycles. The summed E-state index contributed by atoms with van der Waals surface area (Å²) in [7, 11) is 0. The first-order valence-corrected chi connectivity index (χ1v) is 6.78. The van der Waals surface area contributed by atoms with E-state index < -0.39 is 11.9 Å². The van der Waals surface area contributed by atoms with E-state index in [4.69, 9.17) is 0 Å². The third kappa shape index (κ3) is 20.2. The summed E-state index contributed by atoms with van der Waals surface area (Å²) >= 11 is 0. The number of unbranched alkanes of at least 4 members (excludes halogenated alkanes) is 2. The van der Waals surface area contributed by atoms with Crippen LogP contribution in [0.25, 0.3) is 0 Å². The Hall–Kier alpha value is -0.134. The van der Waals surface area contributed by atoms with E-state index in [0.29, 0.717) is 0 Å². The molecule has 6 heteroatoms. The first kappa shape index (κ1) is 28.1. The van der Waals surface area contributed by atoms with Crippen molar-refractivity contribution in [2.24, 2.45) is 11.8 Å². The third-order valence-electron chi connectivity index (χ3n) is 2.79. The minimum absolute atomic E-state index is 0. The van der Waals surface area contributed by atoms with Crippen molar-refractivity contribution in [2.75, 3.05) is 0 Å². The van der Waals surface area contributed by atoms with Gasteiger partial charge in [-0.2, -0.15) is 0 Å². The summed E-state index contributed by atoms with van der Waals surface area (Å²) in [5.74, 6) is -2.40. The molecule has 4 nitrogen and oxygen atoms in total. The van der Waals surface area contributed by atoms with Gasteiger partial charge >= 0.3 is 19.8 Å². The Labute approximate surface area is 142 Å². The first-order valence-electron chi connectivity index (χ1n) is 6.78. The van der Waals surface area contributed by atoms with E-state index >= 15 is 0 Å². The van der Waals surface area contributed by atoms with E-state index in [9.17, 15) is 19.8 Å². The molecule has 0 saturated heterocycles. The SMILES string of the molecule is CCCCC(C)C(=O)[O-].CCCCC(C)C(=O)[O-].[Cl-].[Ga+3]. The number of rotatable bonds is 8. The minimum Gasteiger partial charge on any atom is -1.00 e. The molecule has 0 saturated carbocycles. The summed E-state index contributed by atoms with van der Waals surface area (Å²) in [6.07, 6.45) is 5.57. The average Bonchev–Trinajstić information content (AvgIpc) is 2.33. The van der Waals surface area contributed by atoms with Gasteiger partial charge in [0.15, 0.2) is 0 Å². The molecule has 0 radical (unpaired) electrons. The van der Waals surface area contributed by atoms with Gasteiger partial charge in [-0.3, -0.25) is 0 Å². The maximum absolute atomic E-state index is 10.1. The van der Waals surface area contributed by atoms with Crippen LogP contribution in [-0.4, -0.2) is 31.7 Å². The van der Waals surface area contributed by atoms with Gasteiger partial charge in [0, 0.05) is 11.9 Å². The Morgan fingerprint density at radius 3 is 1.25 bits per heavy atom. The molecule has 0 aromatic rings. The predicted molar refractivity (Wildman–Crippen MR) is 73.1 cm³/mol. The number of carbonyl (C=O) groups is 2. The van der Waals surface area contributed by atoms with Crippen molar-refractivity contribution in [3.8, 4) is 0 Å². The summed E-state index contributed by atoms with van der Waals surface area (Å²) in [5.41, 5.74) is 0. The van der Waals surface area contributed by atoms with Crippen molar-refractivity contribution in [3.63, 3.8) is 0 Å². The zero-order chi connectivity index (χ0) is 14.6. The number of aliphatic carboxylic acids is 2. The number of halogens is 1. The van der Waals surface area contributed by atoms with Crippen LogP contribution in [0.4, 0.5) is 0 Å². The van der Waals surface area contributed by atoms with E-state index in [0.717, 1.165) is 38.5 Å². The number of hydrogen-bond acceptors (Lipinski definition) is 4. The van der Waals surface area contributed by atoms with Crippen LogP contribution in [0.15, 0.2) is 0 Å². The molecule has 0 heterocycles. The van der Waals surface area contributed by atoms with Gasteiger partial charge in [-0.1, -0.05) is 53.4 Å². The molecule has 0 fully saturated rings. The van der Waals surface area contributed by atoms with Crippen LogP contribution in [0.1, 0.15) is 66.2 Å². The Kier molecular flexibility index (Phi) is 26.5. The monoisotopic (exact) mass is 362 g/mol. The van der Waals surface area contributed by atoms with Crippen molar-refractivity contribution in [3.05, 3.63) is 0 Å². The van der Waals surface area contributed by atoms with Gasteiger partial charge in [0.05, 0.1) is 0 Å². The molecule has 2 atom stereocenters. The van der Waals surface area contributed by atoms with Gasteiger partial charge in [-0.15, -0.1) is 0 Å². The summed E-state index contributed by atoms with van der Waals surface area (Å²) in [5, 5.41) is 20.2. The van der Waals surface area contributed by atoms with Crippen LogP contribution in [0.3, 0.4) is 0 Å². The Bertz CT molecular complexity index is 213. The van der Waals surface area contributed by atoms with Gasteiger partial charge in [-0.25, -0.2) is 0 Å². The fraction of sp³-hybridized carbons (Fsp3) is 0.857. The zero-order valence-corrected chi connectivity index (χ0v) is 16.2. The van der Waals surface area contributed by atoms with Gasteiger partial charge in [0.25, 0.3) is 0 Å². The molecule has 0 spiro atoms. The molecule has 0 amide bonds. The van der Waals surface area contributed by atoms with Gasteiger partial charge < -0.3 is 32.2 Å². The van der Waals surface area contributed by atoms with Crippen LogP contribution >= 0.6 is 0 Å². The number of carbonyl (C=O) groups excluding carboxylic acids is 2. The quantitative estimate of drug-likeness (QED) is 0.456. The maximum Gasteiger partial charge on any atom is 3.00 e. The average molecular weight is 364 g/mol. The van der Waals surface area contributed by atoms with Crippen LogP contribution < -0.4 is 22.6 Å². The second-order valence-corrected chi connectivity index (χ2v) is 4.72. The Morgan fingerprint density at radius 1 is 0.850 bits per heavy atom. The van der Waals surface area contributed by atoms with Crippen molar-refractivity contribution in [1.82, 2.24) is 0 Å². The molecular formula is C14H26ClGaO4. The van der Waals surface area contributed by atoms with Crippen LogP contribution in [0.2, 0.25) is 0 Å². The molecule has 20 heavy (non-hydrogen) atoms. The minimum atomic E-state index is -0.927. The largest absolute Gasteiger partial charge is 3.00 e. The summed E-state index contributed by atoms with van der Waals surface area (Å²) in [4.78, 5) is 20.2. The molecule has 0 aromatic heterocycles. The van der Waals surface area contributed by atoms with Crippen LogP contribution in [0, 0.1) is 11.8 Å². The molecule has 116 valence electrons. The molecule has 0 aromatic carbocycles. The molecular weight excluding hydrogens is 337 g/mol. The van der Waals surface area contributed by atoms with Crippen molar-refractivity contribution < 1.29 is 32.2 Å². The van der Waals surface area contributed by atoms with E-state index in [1.54, 1.807) is 13.8 Å². The van der Waals surface area contributed by atoms with Crippen molar-refractivity contribution in [1.29, 1.82) is 0 Å². The Morgan fingerprint density at radius 2 is 1.10 bits per heavy atom. The third-order valence-corrected chi connectivity index (χ3v) is 2.79. The first-order chi connectivity index (χ1) is 8.36. The smallest absolute Gasteiger partial charge is 1.00 e. The van der Waals surface area contributed by atoms with E-state index in [2.05, 4.69) is 0 Å². The van der Waals surface area contributed by atoms with Crippen LogP contribution in [0.5, 0.6) is 0 Å². The number of carboxylic acids is 2. The second-order valence-electron chi connectivity index (χ2n) is 4.72. The normalized spacial score (nSPS) is 11.8. The van der Waals surface area contributed by atoms with Gasteiger partial charge in [0.2, 0.25) is 0 Å². The number of carboxylic acid groups (broad SMARTS) is 2. The maximum atomic E-state index is 10.1. The van der Waals surface area contributed by atoms with Crippen LogP contribution in [-0.2, 0) is 9.59 Å². The van der Waals surface area contributed by atoms with E-state index in [1.165, 1.54) is 0 Å². The Balaban J connectivity index is -0.000000116. The molecule has 0 N–H and O–H groups in total. The molecule has 0 aliphatic rings. The van der Waals surface area contributed by atoms with E-state index in [-0.39, 0.29) is 44.0 Å². The van der Waals surface area contributed by atoms with Crippen molar-refractivity contribution >= 4 is 31.7 Å².